The van der Waals surface area contributed by atoms with E-state index in [4.69, 9.17) is 9.15 Å². The number of furan rings is 1. The van der Waals surface area contributed by atoms with Crippen LogP contribution in [-0.4, -0.2) is 31.1 Å². The van der Waals surface area contributed by atoms with E-state index in [1.165, 1.54) is 0 Å². The first-order valence-electron chi connectivity index (χ1n) is 9.28. The zero-order valence-electron chi connectivity index (χ0n) is 15.5. The normalized spacial score (nSPS) is 13.9. The second kappa shape index (κ2) is 9.66. The van der Waals surface area contributed by atoms with Gasteiger partial charge in [-0.1, -0.05) is 12.1 Å². The van der Waals surface area contributed by atoms with Crippen molar-refractivity contribution < 1.29 is 13.9 Å². The van der Waals surface area contributed by atoms with Crippen LogP contribution in [0.25, 0.3) is 0 Å². The maximum Gasteiger partial charge on any atom is 0.258 e. The van der Waals surface area contributed by atoms with Gasteiger partial charge in [-0.05, 0) is 49.6 Å². The van der Waals surface area contributed by atoms with Crippen molar-refractivity contribution in [2.24, 2.45) is 4.99 Å². The van der Waals surface area contributed by atoms with Crippen LogP contribution in [0.15, 0.2) is 52.1 Å². The molecule has 3 rings (SSSR count). The van der Waals surface area contributed by atoms with Crippen molar-refractivity contribution in [3.05, 3.63) is 54.0 Å². The Bertz CT molecular complexity index is 754. The van der Waals surface area contributed by atoms with E-state index < -0.39 is 0 Å². The fourth-order valence-corrected chi connectivity index (χ4v) is 2.48. The Balaban J connectivity index is 1.51. The number of nitrogens with zero attached hydrogens (tertiary/aromatic N) is 1. The molecule has 0 spiro atoms. The zero-order chi connectivity index (χ0) is 18.9. The number of aliphatic imine (C=N–C) groups is 1. The molecule has 7 nitrogen and oxygen atoms in total. The van der Waals surface area contributed by atoms with Crippen molar-refractivity contribution in [3.8, 4) is 5.75 Å². The second-order valence-corrected chi connectivity index (χ2v) is 6.41. The molecule has 1 aliphatic carbocycles. The summed E-state index contributed by atoms with van der Waals surface area (Å²) in [7, 11) is 0. The van der Waals surface area contributed by atoms with Gasteiger partial charge in [0.25, 0.3) is 5.91 Å². The Hall–Kier alpha value is -2.96. The van der Waals surface area contributed by atoms with E-state index in [9.17, 15) is 4.79 Å². The van der Waals surface area contributed by atoms with Gasteiger partial charge in [0.05, 0.1) is 19.4 Å². The smallest absolute Gasteiger partial charge is 0.258 e. The maximum absolute atomic E-state index is 11.7. The average Bonchev–Trinajstić information content (AvgIpc) is 3.33. The molecule has 1 fully saturated rings. The molecule has 1 aromatic heterocycles. The van der Waals surface area contributed by atoms with Crippen LogP contribution < -0.4 is 20.7 Å². The van der Waals surface area contributed by atoms with Crippen LogP contribution in [0.3, 0.4) is 0 Å². The summed E-state index contributed by atoms with van der Waals surface area (Å²) >= 11 is 0. The van der Waals surface area contributed by atoms with Crippen LogP contribution in [0.4, 0.5) is 0 Å². The zero-order valence-corrected chi connectivity index (χ0v) is 15.5. The van der Waals surface area contributed by atoms with Gasteiger partial charge < -0.3 is 25.1 Å². The molecule has 27 heavy (non-hydrogen) atoms. The minimum Gasteiger partial charge on any atom is -0.484 e. The summed E-state index contributed by atoms with van der Waals surface area (Å²) in [5, 5.41) is 9.35. The van der Waals surface area contributed by atoms with Crippen LogP contribution in [0.5, 0.6) is 5.75 Å². The Morgan fingerprint density at radius 2 is 2.15 bits per heavy atom. The molecule has 1 aromatic carbocycles. The summed E-state index contributed by atoms with van der Waals surface area (Å²) in [6, 6.07) is 11.8. The highest BCUT2D eigenvalue weighted by atomic mass is 16.5. The van der Waals surface area contributed by atoms with Gasteiger partial charge in [0.1, 0.15) is 11.5 Å². The Morgan fingerprint density at radius 1 is 1.26 bits per heavy atom. The molecule has 0 bridgehead atoms. The quantitative estimate of drug-likeness (QED) is 0.465. The van der Waals surface area contributed by atoms with Crippen LogP contribution in [0.2, 0.25) is 0 Å². The number of hydrogen-bond donors (Lipinski definition) is 3. The van der Waals surface area contributed by atoms with Gasteiger partial charge in [0.15, 0.2) is 12.6 Å². The van der Waals surface area contributed by atoms with Crippen LogP contribution in [0, 0.1) is 0 Å². The maximum atomic E-state index is 11.7. The summed E-state index contributed by atoms with van der Waals surface area (Å²) < 4.78 is 10.9. The monoisotopic (exact) mass is 370 g/mol. The third-order valence-electron chi connectivity index (χ3n) is 3.98. The lowest BCUT2D eigenvalue weighted by Crippen LogP contribution is -2.36. The number of ether oxygens (including phenoxy) is 1. The molecular weight excluding hydrogens is 344 g/mol. The standard InChI is InChI=1S/C20H26N4O3/c1-2-21-20(23-13-18-7-4-10-26-18)22-12-15-5-3-6-17(11-15)27-14-19(25)24-16-8-9-16/h3-7,10-11,16H,2,8-9,12-14H2,1H3,(H,24,25)(H2,21,22,23). The predicted octanol–water partition coefficient (Wildman–Crippen LogP) is 2.19. The lowest BCUT2D eigenvalue weighted by Gasteiger charge is -2.11. The van der Waals surface area contributed by atoms with Gasteiger partial charge in [-0.15, -0.1) is 0 Å². The van der Waals surface area contributed by atoms with Crippen molar-refractivity contribution in [2.75, 3.05) is 13.2 Å². The molecule has 2 aromatic rings. The summed E-state index contributed by atoms with van der Waals surface area (Å²) in [6.07, 6.45) is 3.79. The molecule has 1 heterocycles. The number of carbonyl (C=O) groups excluding carboxylic acids is 1. The molecule has 0 unspecified atom stereocenters. The van der Waals surface area contributed by atoms with Crippen LogP contribution >= 0.6 is 0 Å². The second-order valence-electron chi connectivity index (χ2n) is 6.41. The Kier molecular flexibility index (Phi) is 6.73. The molecule has 0 atom stereocenters. The number of benzene rings is 1. The van der Waals surface area contributed by atoms with Gasteiger partial charge in [-0.3, -0.25) is 4.79 Å². The number of nitrogens with one attached hydrogen (secondary N) is 3. The highest BCUT2D eigenvalue weighted by Crippen LogP contribution is 2.18. The van der Waals surface area contributed by atoms with E-state index in [2.05, 4.69) is 20.9 Å². The largest absolute Gasteiger partial charge is 0.484 e. The highest BCUT2D eigenvalue weighted by Gasteiger charge is 2.23. The number of guanidine groups is 1. The van der Waals surface area contributed by atoms with E-state index >= 15 is 0 Å². The molecule has 0 aliphatic heterocycles. The van der Waals surface area contributed by atoms with Crippen molar-refractivity contribution >= 4 is 11.9 Å². The van der Waals surface area contributed by atoms with Gasteiger partial charge in [-0.25, -0.2) is 4.99 Å². The molecule has 1 aliphatic rings. The Morgan fingerprint density at radius 3 is 2.89 bits per heavy atom. The van der Waals surface area contributed by atoms with E-state index in [-0.39, 0.29) is 12.5 Å². The minimum atomic E-state index is -0.0718. The molecule has 0 radical (unpaired) electrons. The molecule has 3 N–H and O–H groups in total. The Labute approximate surface area is 159 Å². The first-order valence-corrected chi connectivity index (χ1v) is 9.28. The molecule has 7 heteroatoms. The van der Waals surface area contributed by atoms with Crippen molar-refractivity contribution in [1.29, 1.82) is 0 Å². The average molecular weight is 370 g/mol. The van der Waals surface area contributed by atoms with E-state index in [0.29, 0.717) is 30.8 Å². The number of amides is 1. The van der Waals surface area contributed by atoms with E-state index in [1.807, 2.05) is 43.3 Å². The number of hydrogen-bond acceptors (Lipinski definition) is 4. The third kappa shape index (κ3) is 6.69. The highest BCUT2D eigenvalue weighted by molar-refractivity contribution is 5.79. The molecule has 0 saturated heterocycles. The van der Waals surface area contributed by atoms with Gasteiger partial charge in [0, 0.05) is 12.6 Å². The van der Waals surface area contributed by atoms with Crippen molar-refractivity contribution in [1.82, 2.24) is 16.0 Å². The summed E-state index contributed by atoms with van der Waals surface area (Å²) in [6.45, 7) is 3.89. The fourth-order valence-electron chi connectivity index (χ4n) is 2.48. The lowest BCUT2D eigenvalue weighted by molar-refractivity contribution is -0.123. The van der Waals surface area contributed by atoms with Crippen molar-refractivity contribution in [3.63, 3.8) is 0 Å². The summed E-state index contributed by atoms with van der Waals surface area (Å²) in [4.78, 5) is 16.3. The predicted molar refractivity (Wildman–Crippen MR) is 103 cm³/mol. The van der Waals surface area contributed by atoms with Gasteiger partial charge >= 0.3 is 0 Å². The van der Waals surface area contributed by atoms with E-state index in [0.717, 1.165) is 30.7 Å². The fraction of sp³-hybridized carbons (Fsp3) is 0.400. The summed E-state index contributed by atoms with van der Waals surface area (Å²) in [5.41, 5.74) is 1.00. The van der Waals surface area contributed by atoms with Crippen LogP contribution in [-0.2, 0) is 17.9 Å². The topological polar surface area (TPSA) is 87.9 Å². The van der Waals surface area contributed by atoms with Gasteiger partial charge in [-0.2, -0.15) is 0 Å². The number of rotatable bonds is 9. The minimum absolute atomic E-state index is 0.0383. The SMILES string of the molecule is CCNC(=NCc1cccc(OCC(=O)NC2CC2)c1)NCc1ccco1. The summed E-state index contributed by atoms with van der Waals surface area (Å²) in [5.74, 6) is 2.16. The molecule has 1 saturated carbocycles. The lowest BCUT2D eigenvalue weighted by atomic mass is 10.2. The first kappa shape index (κ1) is 18.8. The molecule has 144 valence electrons. The first-order chi connectivity index (χ1) is 13.2. The van der Waals surface area contributed by atoms with E-state index in [1.54, 1.807) is 6.26 Å². The molecule has 1 amide bonds. The molecular formula is C20H26N4O3. The van der Waals surface area contributed by atoms with Crippen LogP contribution in [0.1, 0.15) is 31.1 Å². The third-order valence-corrected chi connectivity index (χ3v) is 3.98. The van der Waals surface area contributed by atoms with Gasteiger partial charge in [0.2, 0.25) is 0 Å². The number of carbonyl (C=O) groups is 1. The van der Waals surface area contributed by atoms with Crippen molar-refractivity contribution in [2.45, 2.75) is 38.9 Å².